The minimum absolute atomic E-state index is 0.228. The number of benzene rings is 1. The Kier molecular flexibility index (Phi) is 4.89. The summed E-state index contributed by atoms with van der Waals surface area (Å²) in [6.07, 6.45) is -0.874. The van der Waals surface area contributed by atoms with Crippen molar-refractivity contribution in [2.75, 3.05) is 38.1 Å². The summed E-state index contributed by atoms with van der Waals surface area (Å²) in [7, 11) is 2.13. The highest BCUT2D eigenvalue weighted by atomic mass is 32.2. The van der Waals surface area contributed by atoms with E-state index in [0.717, 1.165) is 47.1 Å². The lowest BCUT2D eigenvalue weighted by atomic mass is 10.3. The van der Waals surface area contributed by atoms with Gasteiger partial charge in [-0.25, -0.2) is 9.78 Å². The molecule has 1 saturated heterocycles. The molecule has 1 aromatic carbocycles. The molecule has 5 rings (SSSR count). The number of rotatable bonds is 4. The number of primary amides is 1. The van der Waals surface area contributed by atoms with Gasteiger partial charge < -0.3 is 20.3 Å². The van der Waals surface area contributed by atoms with Crippen molar-refractivity contribution in [2.45, 2.75) is 10.1 Å². The lowest BCUT2D eigenvalue weighted by Gasteiger charge is -2.33. The Balaban J connectivity index is 1.42. The van der Waals surface area contributed by atoms with E-state index in [1.807, 2.05) is 30.3 Å². The third-order valence-electron chi connectivity index (χ3n) is 4.78. The molecule has 154 valence electrons. The Morgan fingerprint density at radius 2 is 2.00 bits per heavy atom. The van der Waals surface area contributed by atoms with Crippen LogP contribution in [0.25, 0.3) is 15.9 Å². The largest absolute Gasteiger partial charge is 0.411 e. The number of nitrogens with two attached hydrogens (primary N) is 1. The number of thiazole rings is 1. The van der Waals surface area contributed by atoms with Crippen molar-refractivity contribution >= 4 is 50.9 Å². The van der Waals surface area contributed by atoms with Gasteiger partial charge in [-0.3, -0.25) is 0 Å². The van der Waals surface area contributed by atoms with Crippen LogP contribution in [0.5, 0.6) is 5.19 Å². The lowest BCUT2D eigenvalue weighted by molar-refractivity contribution is 0.211. The molecule has 0 saturated carbocycles. The molecule has 1 fully saturated rings. The number of likely N-dealkylation sites (N-methyl/N-ethyl adjacent to an activating group) is 1. The molecule has 0 spiro atoms. The fraction of sp³-hybridized carbons (Fsp3) is 0.278. The Morgan fingerprint density at radius 3 is 2.80 bits per heavy atom. The Morgan fingerprint density at radius 1 is 1.17 bits per heavy atom. The first-order valence-electron chi connectivity index (χ1n) is 9.27. The van der Waals surface area contributed by atoms with Crippen LogP contribution < -0.4 is 15.4 Å². The van der Waals surface area contributed by atoms with E-state index in [1.165, 1.54) is 23.1 Å². The number of carbonyl (C=O) groups excluding carboxylic acids is 1. The minimum atomic E-state index is -0.874. The van der Waals surface area contributed by atoms with E-state index in [9.17, 15) is 4.79 Å². The van der Waals surface area contributed by atoms with Gasteiger partial charge in [-0.05, 0) is 49.1 Å². The molecule has 10 nitrogen and oxygen atoms in total. The number of hydrogen-bond acceptors (Lipinski definition) is 10. The van der Waals surface area contributed by atoms with E-state index >= 15 is 0 Å². The molecule has 12 heteroatoms. The minimum Gasteiger partial charge on any atom is -0.381 e. The molecule has 30 heavy (non-hydrogen) atoms. The highest BCUT2D eigenvalue weighted by Gasteiger charge is 2.17. The maximum atomic E-state index is 10.9. The standard InChI is InChI=1S/C18H18N8O2S2/c1-24-6-8-25(9-7-24)15-5-4-14-21-22-17(26(14)23-15)29-11-2-3-12-13(10-11)30-18(20-12)28-16(19)27/h2-5,10H,6-9H2,1H3,(H2,19,27). The lowest BCUT2D eigenvalue weighted by Crippen LogP contribution is -2.44. The maximum absolute atomic E-state index is 10.9. The summed E-state index contributed by atoms with van der Waals surface area (Å²) in [4.78, 5) is 20.7. The van der Waals surface area contributed by atoms with E-state index in [2.05, 4.69) is 32.0 Å². The average molecular weight is 443 g/mol. The van der Waals surface area contributed by atoms with Crippen molar-refractivity contribution in [3.63, 3.8) is 0 Å². The van der Waals surface area contributed by atoms with Crippen LogP contribution in [0.4, 0.5) is 10.6 Å². The fourth-order valence-corrected chi connectivity index (χ4v) is 4.97. The summed E-state index contributed by atoms with van der Waals surface area (Å²) in [5.41, 5.74) is 6.50. The second kappa shape index (κ2) is 7.70. The molecular formula is C18H18N8O2S2. The molecule has 1 aliphatic rings. The van der Waals surface area contributed by atoms with Crippen LogP contribution in [-0.4, -0.2) is 69.0 Å². The van der Waals surface area contributed by atoms with Crippen LogP contribution >= 0.6 is 23.1 Å². The summed E-state index contributed by atoms with van der Waals surface area (Å²) in [6.45, 7) is 3.91. The van der Waals surface area contributed by atoms with Crippen LogP contribution in [0.2, 0.25) is 0 Å². The molecule has 0 bridgehead atoms. The molecule has 1 amide bonds. The van der Waals surface area contributed by atoms with Gasteiger partial charge in [0.15, 0.2) is 5.65 Å². The number of ether oxygens (including phenoxy) is 1. The van der Waals surface area contributed by atoms with Crippen LogP contribution in [-0.2, 0) is 0 Å². The number of carbonyl (C=O) groups is 1. The number of piperazine rings is 1. The number of anilines is 1. The number of amides is 1. The first kappa shape index (κ1) is 19.0. The van der Waals surface area contributed by atoms with Gasteiger partial charge in [0.25, 0.3) is 5.19 Å². The number of aromatic nitrogens is 5. The van der Waals surface area contributed by atoms with Crippen molar-refractivity contribution in [1.29, 1.82) is 0 Å². The summed E-state index contributed by atoms with van der Waals surface area (Å²) in [6, 6.07) is 9.71. The molecule has 0 radical (unpaired) electrons. The predicted molar refractivity (Wildman–Crippen MR) is 114 cm³/mol. The summed E-state index contributed by atoms with van der Waals surface area (Å²) in [5, 5.41) is 14.2. The van der Waals surface area contributed by atoms with Gasteiger partial charge in [-0.15, -0.1) is 15.3 Å². The molecule has 2 N–H and O–H groups in total. The molecule has 4 aromatic rings. The van der Waals surface area contributed by atoms with Crippen molar-refractivity contribution in [1.82, 2.24) is 29.7 Å². The van der Waals surface area contributed by atoms with Crippen LogP contribution in [0.3, 0.4) is 0 Å². The molecule has 1 aliphatic heterocycles. The molecule has 0 atom stereocenters. The van der Waals surface area contributed by atoms with E-state index in [4.69, 9.17) is 15.6 Å². The van der Waals surface area contributed by atoms with Gasteiger partial charge in [0, 0.05) is 31.1 Å². The Labute approximate surface area is 179 Å². The van der Waals surface area contributed by atoms with Gasteiger partial charge >= 0.3 is 6.09 Å². The summed E-state index contributed by atoms with van der Waals surface area (Å²) >= 11 is 2.72. The molecular weight excluding hydrogens is 424 g/mol. The second-order valence-corrected chi connectivity index (χ2v) is 8.90. The normalized spacial score (nSPS) is 15.2. The molecule has 4 heterocycles. The monoisotopic (exact) mass is 442 g/mol. The number of fused-ring (bicyclic) bond motifs is 2. The molecule has 0 aliphatic carbocycles. The van der Waals surface area contributed by atoms with E-state index in [1.54, 1.807) is 4.52 Å². The van der Waals surface area contributed by atoms with E-state index < -0.39 is 6.09 Å². The van der Waals surface area contributed by atoms with Crippen LogP contribution in [0, 0.1) is 0 Å². The first-order chi connectivity index (χ1) is 14.5. The zero-order chi connectivity index (χ0) is 20.7. The highest BCUT2D eigenvalue weighted by molar-refractivity contribution is 7.99. The predicted octanol–water partition coefficient (Wildman–Crippen LogP) is 2.09. The van der Waals surface area contributed by atoms with Crippen LogP contribution in [0.15, 0.2) is 40.4 Å². The topological polar surface area (TPSA) is 115 Å². The number of hydrogen-bond donors (Lipinski definition) is 1. The quantitative estimate of drug-likeness (QED) is 0.507. The fourth-order valence-electron chi connectivity index (χ4n) is 3.21. The molecule has 3 aromatic heterocycles. The van der Waals surface area contributed by atoms with Crippen molar-refractivity contribution in [2.24, 2.45) is 5.73 Å². The first-order valence-corrected chi connectivity index (χ1v) is 10.9. The zero-order valence-corrected chi connectivity index (χ0v) is 17.7. The smallest absolute Gasteiger partial charge is 0.381 e. The second-order valence-electron chi connectivity index (χ2n) is 6.87. The third kappa shape index (κ3) is 3.76. The van der Waals surface area contributed by atoms with Gasteiger partial charge in [0.2, 0.25) is 5.16 Å². The zero-order valence-electron chi connectivity index (χ0n) is 16.1. The van der Waals surface area contributed by atoms with Gasteiger partial charge in [-0.1, -0.05) is 11.3 Å². The summed E-state index contributed by atoms with van der Waals surface area (Å²) in [5.74, 6) is 0.920. The van der Waals surface area contributed by atoms with Crippen LogP contribution in [0.1, 0.15) is 0 Å². The van der Waals surface area contributed by atoms with Gasteiger partial charge in [0.05, 0.1) is 10.2 Å². The molecule has 0 unspecified atom stereocenters. The number of nitrogens with zero attached hydrogens (tertiary/aromatic N) is 7. The van der Waals surface area contributed by atoms with Gasteiger partial charge in [-0.2, -0.15) is 4.52 Å². The van der Waals surface area contributed by atoms with E-state index in [0.29, 0.717) is 10.8 Å². The third-order valence-corrected chi connectivity index (χ3v) is 6.61. The Bertz CT molecular complexity index is 1230. The SMILES string of the molecule is CN1CCN(c2ccc3nnc(Sc4ccc5nc(OC(N)=O)sc5c4)n3n2)CC1. The maximum Gasteiger partial charge on any atom is 0.411 e. The van der Waals surface area contributed by atoms with Crippen molar-refractivity contribution in [3.8, 4) is 5.19 Å². The van der Waals surface area contributed by atoms with Gasteiger partial charge in [0.1, 0.15) is 5.82 Å². The van der Waals surface area contributed by atoms with Crippen molar-refractivity contribution < 1.29 is 9.53 Å². The Hall–Kier alpha value is -2.96. The summed E-state index contributed by atoms with van der Waals surface area (Å²) < 4.78 is 7.54. The highest BCUT2D eigenvalue weighted by Crippen LogP contribution is 2.33. The van der Waals surface area contributed by atoms with E-state index in [-0.39, 0.29) is 5.19 Å². The average Bonchev–Trinajstić information content (AvgIpc) is 3.31. The van der Waals surface area contributed by atoms with Crippen molar-refractivity contribution in [3.05, 3.63) is 30.3 Å².